The van der Waals surface area contributed by atoms with E-state index in [0.717, 1.165) is 5.56 Å². The molecule has 0 N–H and O–H groups in total. The van der Waals surface area contributed by atoms with Crippen LogP contribution in [0.5, 0.6) is 0 Å². The number of amides is 1. The number of aryl methyl sites for hydroxylation is 1. The van der Waals surface area contributed by atoms with Crippen LogP contribution in [0.1, 0.15) is 11.1 Å². The number of hydrogen-bond donors (Lipinski definition) is 0. The molecule has 0 unspecified atom stereocenters. The standard InChI is InChI=1S/C15H16ClNO/c1-11-3-5-14-8-12(4-6-13(14)7-11)10-17(2)15(18)9-16/h3-8H,9-10H2,1-2H3. The zero-order valence-electron chi connectivity index (χ0n) is 10.6. The van der Waals surface area contributed by atoms with Crippen molar-refractivity contribution in [1.29, 1.82) is 0 Å². The zero-order chi connectivity index (χ0) is 13.1. The van der Waals surface area contributed by atoms with Gasteiger partial charge < -0.3 is 4.90 Å². The number of hydrogen-bond acceptors (Lipinski definition) is 1. The Morgan fingerprint density at radius 3 is 2.56 bits per heavy atom. The lowest BCUT2D eigenvalue weighted by molar-refractivity contribution is -0.127. The van der Waals surface area contributed by atoms with Crippen LogP contribution in [0.15, 0.2) is 36.4 Å². The monoisotopic (exact) mass is 261 g/mol. The molecule has 0 atom stereocenters. The van der Waals surface area contributed by atoms with Gasteiger partial charge in [-0.05, 0) is 29.3 Å². The number of rotatable bonds is 3. The van der Waals surface area contributed by atoms with E-state index >= 15 is 0 Å². The Morgan fingerprint density at radius 2 is 1.83 bits per heavy atom. The topological polar surface area (TPSA) is 20.3 Å². The molecule has 1 amide bonds. The van der Waals surface area contributed by atoms with Crippen LogP contribution in [0.2, 0.25) is 0 Å². The van der Waals surface area contributed by atoms with Gasteiger partial charge in [0.1, 0.15) is 5.88 Å². The minimum atomic E-state index is -0.0549. The summed E-state index contributed by atoms with van der Waals surface area (Å²) in [4.78, 5) is 13.1. The number of benzene rings is 2. The van der Waals surface area contributed by atoms with E-state index in [2.05, 4.69) is 43.3 Å². The van der Waals surface area contributed by atoms with E-state index in [9.17, 15) is 4.79 Å². The molecule has 0 fully saturated rings. The molecule has 0 saturated heterocycles. The molecule has 0 heterocycles. The lowest BCUT2D eigenvalue weighted by Crippen LogP contribution is -2.27. The van der Waals surface area contributed by atoms with E-state index in [-0.39, 0.29) is 11.8 Å². The predicted molar refractivity (Wildman–Crippen MR) is 75.9 cm³/mol. The van der Waals surface area contributed by atoms with E-state index in [1.54, 1.807) is 11.9 Å². The Hall–Kier alpha value is -1.54. The van der Waals surface area contributed by atoms with Gasteiger partial charge in [-0.1, -0.05) is 35.9 Å². The van der Waals surface area contributed by atoms with Crippen LogP contribution in [0.4, 0.5) is 0 Å². The van der Waals surface area contributed by atoms with Crippen molar-refractivity contribution in [1.82, 2.24) is 4.90 Å². The molecule has 0 saturated carbocycles. The normalized spacial score (nSPS) is 10.6. The second kappa shape index (κ2) is 5.40. The van der Waals surface area contributed by atoms with Crippen molar-refractivity contribution in [3.05, 3.63) is 47.5 Å². The van der Waals surface area contributed by atoms with Gasteiger partial charge in [-0.2, -0.15) is 0 Å². The van der Waals surface area contributed by atoms with E-state index < -0.39 is 0 Å². The summed E-state index contributed by atoms with van der Waals surface area (Å²) in [5.41, 5.74) is 2.37. The van der Waals surface area contributed by atoms with Crippen molar-refractivity contribution in [2.45, 2.75) is 13.5 Å². The molecule has 0 spiro atoms. The van der Waals surface area contributed by atoms with Crippen LogP contribution >= 0.6 is 11.6 Å². The van der Waals surface area contributed by atoms with Crippen molar-refractivity contribution < 1.29 is 4.79 Å². The molecule has 0 aliphatic heterocycles. The molecule has 18 heavy (non-hydrogen) atoms. The lowest BCUT2D eigenvalue weighted by atomic mass is 10.0. The maximum absolute atomic E-state index is 11.4. The summed E-state index contributed by atoms with van der Waals surface area (Å²) in [6, 6.07) is 12.6. The summed E-state index contributed by atoms with van der Waals surface area (Å²) >= 11 is 5.53. The smallest absolute Gasteiger partial charge is 0.237 e. The maximum Gasteiger partial charge on any atom is 0.237 e. The minimum Gasteiger partial charge on any atom is -0.340 e. The first-order chi connectivity index (χ1) is 8.60. The lowest BCUT2D eigenvalue weighted by Gasteiger charge is -2.16. The number of halogens is 1. The molecule has 94 valence electrons. The number of carbonyl (C=O) groups is 1. The van der Waals surface area contributed by atoms with Gasteiger partial charge in [-0.25, -0.2) is 0 Å². The van der Waals surface area contributed by atoms with Gasteiger partial charge in [0.2, 0.25) is 5.91 Å². The van der Waals surface area contributed by atoms with Crippen molar-refractivity contribution in [3.8, 4) is 0 Å². The molecule has 2 nitrogen and oxygen atoms in total. The molecule has 2 aromatic carbocycles. The highest BCUT2D eigenvalue weighted by Crippen LogP contribution is 2.18. The van der Waals surface area contributed by atoms with Crippen LogP contribution in [0, 0.1) is 6.92 Å². The number of fused-ring (bicyclic) bond motifs is 1. The summed E-state index contributed by atoms with van der Waals surface area (Å²) in [6.07, 6.45) is 0. The largest absolute Gasteiger partial charge is 0.340 e. The SMILES string of the molecule is Cc1ccc2cc(CN(C)C(=O)CCl)ccc2c1. The molecule has 2 aromatic rings. The molecule has 0 aliphatic rings. The molecular weight excluding hydrogens is 246 g/mol. The van der Waals surface area contributed by atoms with Gasteiger partial charge in [-0.15, -0.1) is 11.6 Å². The first-order valence-electron chi connectivity index (χ1n) is 5.89. The minimum absolute atomic E-state index is 0.0310. The molecule has 0 bridgehead atoms. The average molecular weight is 262 g/mol. The van der Waals surface area contributed by atoms with Gasteiger partial charge in [0.25, 0.3) is 0 Å². The summed E-state index contributed by atoms with van der Waals surface area (Å²) in [5, 5.41) is 2.43. The Labute approximate surface area is 112 Å². The quantitative estimate of drug-likeness (QED) is 0.776. The van der Waals surface area contributed by atoms with E-state index in [1.165, 1.54) is 16.3 Å². The summed E-state index contributed by atoms with van der Waals surface area (Å²) < 4.78 is 0. The zero-order valence-corrected chi connectivity index (χ0v) is 11.4. The maximum atomic E-state index is 11.4. The van der Waals surface area contributed by atoms with Crippen molar-refractivity contribution in [2.75, 3.05) is 12.9 Å². The molecule has 0 aromatic heterocycles. The highest BCUT2D eigenvalue weighted by molar-refractivity contribution is 6.27. The molecular formula is C15H16ClNO. The Kier molecular flexibility index (Phi) is 3.87. The Balaban J connectivity index is 2.25. The molecule has 0 radical (unpaired) electrons. The fourth-order valence-corrected chi connectivity index (χ4v) is 2.18. The summed E-state index contributed by atoms with van der Waals surface area (Å²) in [7, 11) is 1.77. The van der Waals surface area contributed by atoms with Gasteiger partial charge in [0.05, 0.1) is 0 Å². The van der Waals surface area contributed by atoms with Gasteiger partial charge >= 0.3 is 0 Å². The highest BCUT2D eigenvalue weighted by atomic mass is 35.5. The van der Waals surface area contributed by atoms with Crippen molar-refractivity contribution in [3.63, 3.8) is 0 Å². The second-order valence-corrected chi connectivity index (χ2v) is 4.84. The Morgan fingerprint density at radius 1 is 1.17 bits per heavy atom. The first kappa shape index (κ1) is 12.9. The third-order valence-corrected chi connectivity index (χ3v) is 3.25. The van der Waals surface area contributed by atoms with Crippen LogP contribution in [-0.4, -0.2) is 23.7 Å². The number of carbonyl (C=O) groups excluding carboxylic acids is 1. The number of nitrogens with zero attached hydrogens (tertiary/aromatic N) is 1. The average Bonchev–Trinajstić information content (AvgIpc) is 2.38. The van der Waals surface area contributed by atoms with Crippen LogP contribution < -0.4 is 0 Å². The summed E-state index contributed by atoms with van der Waals surface area (Å²) in [6.45, 7) is 2.68. The van der Waals surface area contributed by atoms with Crippen molar-refractivity contribution >= 4 is 28.3 Å². The molecule has 2 rings (SSSR count). The molecule has 3 heteroatoms. The fourth-order valence-electron chi connectivity index (χ4n) is 1.98. The van der Waals surface area contributed by atoms with Crippen LogP contribution in [-0.2, 0) is 11.3 Å². The van der Waals surface area contributed by atoms with E-state index in [4.69, 9.17) is 11.6 Å². The third kappa shape index (κ3) is 2.82. The summed E-state index contributed by atoms with van der Waals surface area (Å²) in [5.74, 6) is -0.0239. The van der Waals surface area contributed by atoms with Gasteiger partial charge in [0, 0.05) is 13.6 Å². The fraction of sp³-hybridized carbons (Fsp3) is 0.267. The highest BCUT2D eigenvalue weighted by Gasteiger charge is 2.07. The number of alkyl halides is 1. The van der Waals surface area contributed by atoms with Crippen LogP contribution in [0.3, 0.4) is 0 Å². The Bertz CT molecular complexity index is 580. The van der Waals surface area contributed by atoms with Crippen LogP contribution in [0.25, 0.3) is 10.8 Å². The van der Waals surface area contributed by atoms with Gasteiger partial charge in [0.15, 0.2) is 0 Å². The third-order valence-electron chi connectivity index (χ3n) is 3.02. The molecule has 0 aliphatic carbocycles. The van der Waals surface area contributed by atoms with Gasteiger partial charge in [-0.3, -0.25) is 4.79 Å². The predicted octanol–water partition coefficient (Wildman–Crippen LogP) is 3.35. The van der Waals surface area contributed by atoms with E-state index in [0.29, 0.717) is 6.54 Å². The van der Waals surface area contributed by atoms with Crippen molar-refractivity contribution in [2.24, 2.45) is 0 Å². The second-order valence-electron chi connectivity index (χ2n) is 4.57. The van der Waals surface area contributed by atoms with E-state index in [1.807, 2.05) is 0 Å². The first-order valence-corrected chi connectivity index (χ1v) is 6.43.